The number of thiophene rings is 1. The summed E-state index contributed by atoms with van der Waals surface area (Å²) in [6.45, 7) is 4.90. The lowest BCUT2D eigenvalue weighted by Gasteiger charge is -2.14. The molecule has 18 heavy (non-hydrogen) atoms. The molecular weight excluding hydrogens is 244 g/mol. The number of nitrogens with one attached hydrogen (secondary N) is 1. The zero-order chi connectivity index (χ0) is 12.8. The van der Waals surface area contributed by atoms with Crippen molar-refractivity contribution in [3.63, 3.8) is 0 Å². The number of anilines is 1. The highest BCUT2D eigenvalue weighted by molar-refractivity contribution is 7.09. The Morgan fingerprint density at radius 1 is 1.33 bits per heavy atom. The fraction of sp³-hybridized carbons (Fsp3) is 0.357. The highest BCUT2D eigenvalue weighted by atomic mass is 32.1. The Bertz CT molecular complexity index is 468. The summed E-state index contributed by atoms with van der Waals surface area (Å²) >= 11 is 1.78. The quantitative estimate of drug-likeness (QED) is 0.864. The molecule has 2 heterocycles. The first-order valence-electron chi connectivity index (χ1n) is 6.13. The second-order valence-electron chi connectivity index (χ2n) is 4.27. The van der Waals surface area contributed by atoms with E-state index in [4.69, 9.17) is 4.74 Å². The molecule has 2 rings (SSSR count). The van der Waals surface area contributed by atoms with Crippen LogP contribution in [0.25, 0.3) is 0 Å². The zero-order valence-corrected chi connectivity index (χ0v) is 11.5. The van der Waals surface area contributed by atoms with Gasteiger partial charge in [-0.2, -0.15) is 0 Å². The Hall–Kier alpha value is -1.55. The van der Waals surface area contributed by atoms with Crippen LogP contribution in [0.1, 0.15) is 18.7 Å². The van der Waals surface area contributed by atoms with Crippen molar-refractivity contribution in [2.75, 3.05) is 11.9 Å². The van der Waals surface area contributed by atoms with Gasteiger partial charge >= 0.3 is 0 Å². The van der Waals surface area contributed by atoms with Gasteiger partial charge in [0.1, 0.15) is 0 Å². The lowest BCUT2D eigenvalue weighted by molar-refractivity contribution is 0.243. The molecule has 0 spiro atoms. The molecule has 0 aliphatic rings. The van der Waals surface area contributed by atoms with Gasteiger partial charge in [-0.3, -0.25) is 0 Å². The van der Waals surface area contributed by atoms with Crippen molar-refractivity contribution >= 4 is 17.2 Å². The van der Waals surface area contributed by atoms with Crippen LogP contribution in [0.4, 0.5) is 5.82 Å². The van der Waals surface area contributed by atoms with Crippen molar-refractivity contribution in [2.45, 2.75) is 26.4 Å². The summed E-state index contributed by atoms with van der Waals surface area (Å²) in [7, 11) is 0. The third kappa shape index (κ3) is 3.74. The second kappa shape index (κ2) is 6.40. The van der Waals surface area contributed by atoms with E-state index in [1.165, 1.54) is 4.88 Å². The maximum Gasteiger partial charge on any atom is 0.168 e. The topological polar surface area (TPSA) is 34.1 Å². The molecular formula is C14H18N2OS. The summed E-state index contributed by atoms with van der Waals surface area (Å²) in [6.07, 6.45) is 2.95. The molecule has 0 aliphatic heterocycles. The van der Waals surface area contributed by atoms with Crippen molar-refractivity contribution in [3.05, 3.63) is 40.7 Å². The SMILES string of the molecule is CC(C)Oc1cccnc1NCCc1cccs1. The highest BCUT2D eigenvalue weighted by Gasteiger charge is 2.05. The molecule has 96 valence electrons. The van der Waals surface area contributed by atoms with Crippen LogP contribution in [0.5, 0.6) is 5.75 Å². The maximum atomic E-state index is 5.71. The number of hydrogen-bond acceptors (Lipinski definition) is 4. The van der Waals surface area contributed by atoms with Gasteiger partial charge in [0, 0.05) is 17.6 Å². The second-order valence-corrected chi connectivity index (χ2v) is 5.31. The predicted molar refractivity (Wildman–Crippen MR) is 76.5 cm³/mol. The van der Waals surface area contributed by atoms with E-state index in [0.717, 1.165) is 24.5 Å². The molecule has 0 aliphatic carbocycles. The first kappa shape index (κ1) is 12.9. The van der Waals surface area contributed by atoms with Gasteiger partial charge in [-0.15, -0.1) is 11.3 Å². The Labute approximate surface area is 112 Å². The lowest BCUT2D eigenvalue weighted by atomic mass is 10.3. The highest BCUT2D eigenvalue weighted by Crippen LogP contribution is 2.22. The van der Waals surface area contributed by atoms with E-state index in [-0.39, 0.29) is 6.10 Å². The molecule has 0 unspecified atom stereocenters. The van der Waals surface area contributed by atoms with Crippen LogP contribution in [0, 0.1) is 0 Å². The minimum absolute atomic E-state index is 0.159. The van der Waals surface area contributed by atoms with E-state index in [1.54, 1.807) is 17.5 Å². The normalized spacial score (nSPS) is 10.6. The lowest BCUT2D eigenvalue weighted by Crippen LogP contribution is -2.11. The third-order valence-corrected chi connectivity index (χ3v) is 3.31. The third-order valence-electron chi connectivity index (χ3n) is 2.38. The average Bonchev–Trinajstić information content (AvgIpc) is 2.84. The summed E-state index contributed by atoms with van der Waals surface area (Å²) in [6, 6.07) is 8.06. The fourth-order valence-electron chi connectivity index (χ4n) is 1.63. The van der Waals surface area contributed by atoms with Gasteiger partial charge in [-0.25, -0.2) is 4.98 Å². The number of pyridine rings is 1. The number of rotatable bonds is 6. The van der Waals surface area contributed by atoms with Crippen LogP contribution >= 0.6 is 11.3 Å². The Morgan fingerprint density at radius 2 is 2.22 bits per heavy atom. The van der Waals surface area contributed by atoms with Gasteiger partial charge in [0.2, 0.25) is 0 Å². The first-order chi connectivity index (χ1) is 8.75. The van der Waals surface area contributed by atoms with E-state index in [2.05, 4.69) is 27.8 Å². The van der Waals surface area contributed by atoms with E-state index in [1.807, 2.05) is 26.0 Å². The molecule has 2 aromatic rings. The number of nitrogens with zero attached hydrogens (tertiary/aromatic N) is 1. The maximum absolute atomic E-state index is 5.71. The van der Waals surface area contributed by atoms with E-state index < -0.39 is 0 Å². The Kier molecular flexibility index (Phi) is 4.59. The molecule has 0 fully saturated rings. The molecule has 1 N–H and O–H groups in total. The number of aromatic nitrogens is 1. The number of hydrogen-bond donors (Lipinski definition) is 1. The van der Waals surface area contributed by atoms with Gasteiger partial charge in [0.05, 0.1) is 6.10 Å². The van der Waals surface area contributed by atoms with Gasteiger partial charge in [-0.1, -0.05) is 6.07 Å². The van der Waals surface area contributed by atoms with Crippen LogP contribution in [0.3, 0.4) is 0 Å². The summed E-state index contributed by atoms with van der Waals surface area (Å²) < 4.78 is 5.71. The molecule has 0 atom stereocenters. The monoisotopic (exact) mass is 262 g/mol. The van der Waals surface area contributed by atoms with E-state index in [0.29, 0.717) is 0 Å². The van der Waals surface area contributed by atoms with Crippen LogP contribution in [-0.4, -0.2) is 17.6 Å². The molecule has 0 saturated heterocycles. The zero-order valence-electron chi connectivity index (χ0n) is 10.7. The molecule has 0 amide bonds. The summed E-state index contributed by atoms with van der Waals surface area (Å²) in [5, 5.41) is 5.43. The smallest absolute Gasteiger partial charge is 0.168 e. The minimum Gasteiger partial charge on any atom is -0.487 e. The van der Waals surface area contributed by atoms with Gasteiger partial charge in [-0.05, 0) is 43.8 Å². The van der Waals surface area contributed by atoms with Crippen LogP contribution in [0.15, 0.2) is 35.8 Å². The van der Waals surface area contributed by atoms with Crippen molar-refractivity contribution in [2.24, 2.45) is 0 Å². The molecule has 4 heteroatoms. The van der Waals surface area contributed by atoms with E-state index in [9.17, 15) is 0 Å². The van der Waals surface area contributed by atoms with Crippen molar-refractivity contribution in [1.82, 2.24) is 4.98 Å². The largest absolute Gasteiger partial charge is 0.487 e. The number of ether oxygens (including phenoxy) is 1. The molecule has 0 saturated carbocycles. The minimum atomic E-state index is 0.159. The fourth-order valence-corrected chi connectivity index (χ4v) is 2.34. The van der Waals surface area contributed by atoms with E-state index >= 15 is 0 Å². The van der Waals surface area contributed by atoms with Crippen LogP contribution < -0.4 is 10.1 Å². The average molecular weight is 262 g/mol. The Balaban J connectivity index is 1.92. The predicted octanol–water partition coefficient (Wildman–Crippen LogP) is 3.58. The molecule has 2 aromatic heterocycles. The standard InChI is InChI=1S/C14H18N2OS/c1-11(2)17-13-6-3-8-15-14(13)16-9-7-12-5-4-10-18-12/h3-6,8,10-11H,7,9H2,1-2H3,(H,15,16). The molecule has 3 nitrogen and oxygen atoms in total. The van der Waals surface area contributed by atoms with Crippen LogP contribution in [0.2, 0.25) is 0 Å². The summed E-state index contributed by atoms with van der Waals surface area (Å²) in [5.74, 6) is 1.64. The van der Waals surface area contributed by atoms with Crippen molar-refractivity contribution in [1.29, 1.82) is 0 Å². The summed E-state index contributed by atoms with van der Waals surface area (Å²) in [4.78, 5) is 5.70. The van der Waals surface area contributed by atoms with Gasteiger partial charge in [0.25, 0.3) is 0 Å². The summed E-state index contributed by atoms with van der Waals surface area (Å²) in [5.41, 5.74) is 0. The Morgan fingerprint density at radius 3 is 2.94 bits per heavy atom. The van der Waals surface area contributed by atoms with Gasteiger partial charge in [0.15, 0.2) is 11.6 Å². The van der Waals surface area contributed by atoms with Crippen molar-refractivity contribution in [3.8, 4) is 5.75 Å². The van der Waals surface area contributed by atoms with Crippen LogP contribution in [-0.2, 0) is 6.42 Å². The molecule has 0 aromatic carbocycles. The molecule has 0 radical (unpaired) electrons. The van der Waals surface area contributed by atoms with Crippen molar-refractivity contribution < 1.29 is 4.74 Å². The van der Waals surface area contributed by atoms with Gasteiger partial charge < -0.3 is 10.1 Å². The first-order valence-corrected chi connectivity index (χ1v) is 7.01. The molecule has 0 bridgehead atoms.